The smallest absolute Gasteiger partial charge is 0.316 e. The summed E-state index contributed by atoms with van der Waals surface area (Å²) in [5.74, 6) is -0.112. The fourth-order valence-electron chi connectivity index (χ4n) is 2.52. The summed E-state index contributed by atoms with van der Waals surface area (Å²) in [5, 5.41) is 3.74. The Bertz CT molecular complexity index is 908. The Balaban J connectivity index is 2.06. The van der Waals surface area contributed by atoms with Crippen LogP contribution in [0.25, 0.3) is 10.9 Å². The van der Waals surface area contributed by atoms with Gasteiger partial charge in [0.25, 0.3) is 11.5 Å². The molecule has 1 heterocycles. The summed E-state index contributed by atoms with van der Waals surface area (Å²) in [5.41, 5.74) is 0.488. The van der Waals surface area contributed by atoms with Crippen LogP contribution in [-0.4, -0.2) is 40.3 Å². The van der Waals surface area contributed by atoms with E-state index in [1.54, 1.807) is 16.7 Å². The third kappa shape index (κ3) is 7.20. The summed E-state index contributed by atoms with van der Waals surface area (Å²) < 4.78 is 6.65. The summed E-state index contributed by atoms with van der Waals surface area (Å²) in [4.78, 5) is 41.2. The van der Waals surface area contributed by atoms with Gasteiger partial charge in [0, 0.05) is 13.1 Å². The molecule has 1 aromatic carbocycles. The first kappa shape index (κ1) is 22.9. The molecule has 2 rings (SSSR count). The summed E-state index contributed by atoms with van der Waals surface area (Å²) >= 11 is 1.15. The molecule has 1 aromatic heterocycles. The molecule has 158 valence electrons. The van der Waals surface area contributed by atoms with Crippen molar-refractivity contribution in [2.75, 3.05) is 18.9 Å². The SMILES string of the molecule is CC(C)CCn1c(SCC(=O)OCC(=O)NCC(C)C)nc2ccccc2c1=O. The number of hydrogen-bond donors (Lipinski definition) is 1. The van der Waals surface area contributed by atoms with Gasteiger partial charge in [0.1, 0.15) is 0 Å². The molecule has 0 saturated carbocycles. The van der Waals surface area contributed by atoms with Crippen LogP contribution in [0.1, 0.15) is 34.1 Å². The fraction of sp³-hybridized carbons (Fsp3) is 0.524. The molecule has 1 amide bonds. The number of esters is 1. The fourth-order valence-corrected chi connectivity index (χ4v) is 3.35. The summed E-state index contributed by atoms with van der Waals surface area (Å²) in [6.07, 6.45) is 0.827. The molecule has 0 bridgehead atoms. The Morgan fingerprint density at radius 2 is 1.90 bits per heavy atom. The number of benzene rings is 1. The molecule has 1 N–H and O–H groups in total. The molecular weight excluding hydrogens is 390 g/mol. The monoisotopic (exact) mass is 419 g/mol. The van der Waals surface area contributed by atoms with Crippen molar-refractivity contribution in [2.45, 2.75) is 45.8 Å². The van der Waals surface area contributed by atoms with Crippen molar-refractivity contribution in [3.8, 4) is 0 Å². The molecule has 2 aromatic rings. The van der Waals surface area contributed by atoms with E-state index in [0.29, 0.717) is 41.0 Å². The van der Waals surface area contributed by atoms with Crippen molar-refractivity contribution in [3.63, 3.8) is 0 Å². The second kappa shape index (κ2) is 11.0. The van der Waals surface area contributed by atoms with Gasteiger partial charge >= 0.3 is 5.97 Å². The number of carbonyl (C=O) groups is 2. The minimum absolute atomic E-state index is 0.0239. The van der Waals surface area contributed by atoms with Crippen LogP contribution in [0, 0.1) is 11.8 Å². The first-order valence-corrected chi connectivity index (χ1v) is 10.8. The van der Waals surface area contributed by atoms with E-state index >= 15 is 0 Å². The number of thioether (sulfide) groups is 1. The molecule has 29 heavy (non-hydrogen) atoms. The van der Waals surface area contributed by atoms with E-state index < -0.39 is 5.97 Å². The van der Waals surface area contributed by atoms with Crippen molar-refractivity contribution in [3.05, 3.63) is 34.6 Å². The van der Waals surface area contributed by atoms with Gasteiger partial charge in [0.05, 0.1) is 16.7 Å². The molecule has 7 nitrogen and oxygen atoms in total. The Hall–Kier alpha value is -2.35. The van der Waals surface area contributed by atoms with Gasteiger partial charge in [-0.2, -0.15) is 0 Å². The van der Waals surface area contributed by atoms with Crippen molar-refractivity contribution >= 4 is 34.5 Å². The number of amides is 1. The largest absolute Gasteiger partial charge is 0.455 e. The Kier molecular flexibility index (Phi) is 8.70. The molecule has 0 spiro atoms. The molecule has 0 aliphatic heterocycles. The zero-order chi connectivity index (χ0) is 21.4. The Morgan fingerprint density at radius 1 is 1.17 bits per heavy atom. The van der Waals surface area contributed by atoms with E-state index in [4.69, 9.17) is 4.74 Å². The number of rotatable bonds is 10. The van der Waals surface area contributed by atoms with Gasteiger partial charge in [0.2, 0.25) is 0 Å². The highest BCUT2D eigenvalue weighted by Gasteiger charge is 2.15. The number of aromatic nitrogens is 2. The predicted molar refractivity (Wildman–Crippen MR) is 115 cm³/mol. The van der Waals surface area contributed by atoms with Crippen LogP contribution in [0.15, 0.2) is 34.2 Å². The summed E-state index contributed by atoms with van der Waals surface area (Å²) in [6, 6.07) is 7.18. The number of fused-ring (bicyclic) bond motifs is 1. The first-order valence-electron chi connectivity index (χ1n) is 9.82. The molecule has 0 aliphatic rings. The summed E-state index contributed by atoms with van der Waals surface area (Å²) in [6.45, 7) is 8.91. The number of nitrogens with zero attached hydrogens (tertiary/aromatic N) is 2. The second-order valence-electron chi connectivity index (χ2n) is 7.70. The van der Waals surface area contributed by atoms with Gasteiger partial charge < -0.3 is 10.1 Å². The van der Waals surface area contributed by atoms with Gasteiger partial charge in [-0.05, 0) is 30.4 Å². The van der Waals surface area contributed by atoms with E-state index in [0.717, 1.165) is 18.2 Å². The second-order valence-corrected chi connectivity index (χ2v) is 8.64. The van der Waals surface area contributed by atoms with Crippen LogP contribution in [0.4, 0.5) is 0 Å². The van der Waals surface area contributed by atoms with Crippen molar-refractivity contribution in [1.29, 1.82) is 0 Å². The maximum Gasteiger partial charge on any atom is 0.316 e. The standard InChI is InChI=1S/C21H29N3O4S/c1-14(2)9-10-24-20(27)16-7-5-6-8-17(16)23-21(24)29-13-19(26)28-12-18(25)22-11-15(3)4/h5-8,14-15H,9-13H2,1-4H3,(H,22,25). The van der Waals surface area contributed by atoms with Crippen LogP contribution in [0.5, 0.6) is 0 Å². The lowest BCUT2D eigenvalue weighted by Crippen LogP contribution is -2.31. The first-order chi connectivity index (χ1) is 13.8. The maximum atomic E-state index is 12.9. The van der Waals surface area contributed by atoms with Gasteiger partial charge in [0.15, 0.2) is 11.8 Å². The van der Waals surface area contributed by atoms with Crippen molar-refractivity contribution in [2.24, 2.45) is 11.8 Å². The lowest BCUT2D eigenvalue weighted by atomic mass is 10.1. The molecule has 0 fully saturated rings. The number of para-hydroxylation sites is 1. The van der Waals surface area contributed by atoms with Gasteiger partial charge in [-0.3, -0.25) is 19.0 Å². The molecule has 0 saturated heterocycles. The highest BCUT2D eigenvalue weighted by molar-refractivity contribution is 7.99. The third-order valence-electron chi connectivity index (χ3n) is 4.15. The minimum Gasteiger partial charge on any atom is -0.455 e. The highest BCUT2D eigenvalue weighted by atomic mass is 32.2. The third-order valence-corrected chi connectivity index (χ3v) is 5.10. The van der Waals surface area contributed by atoms with Crippen LogP contribution in [0.2, 0.25) is 0 Å². The topological polar surface area (TPSA) is 90.3 Å². The van der Waals surface area contributed by atoms with Crippen LogP contribution >= 0.6 is 11.8 Å². The van der Waals surface area contributed by atoms with E-state index in [1.165, 1.54) is 0 Å². The normalized spacial score (nSPS) is 11.2. The Morgan fingerprint density at radius 3 is 2.59 bits per heavy atom. The lowest BCUT2D eigenvalue weighted by molar-refractivity contribution is -0.145. The van der Waals surface area contributed by atoms with Crippen molar-refractivity contribution in [1.82, 2.24) is 14.9 Å². The molecule has 8 heteroatoms. The number of ether oxygens (including phenoxy) is 1. The highest BCUT2D eigenvalue weighted by Crippen LogP contribution is 2.19. The molecule has 0 unspecified atom stereocenters. The lowest BCUT2D eigenvalue weighted by Gasteiger charge is -2.14. The predicted octanol–water partition coefficient (Wildman–Crippen LogP) is 2.85. The van der Waals surface area contributed by atoms with Crippen LogP contribution in [-0.2, 0) is 20.9 Å². The zero-order valence-electron chi connectivity index (χ0n) is 17.4. The van der Waals surface area contributed by atoms with Crippen molar-refractivity contribution < 1.29 is 14.3 Å². The molecule has 0 aliphatic carbocycles. The maximum absolute atomic E-state index is 12.9. The molecular formula is C21H29N3O4S. The minimum atomic E-state index is -0.521. The molecule has 0 radical (unpaired) electrons. The average Bonchev–Trinajstić information content (AvgIpc) is 2.68. The number of hydrogen-bond acceptors (Lipinski definition) is 6. The number of nitrogens with one attached hydrogen (secondary N) is 1. The summed E-state index contributed by atoms with van der Waals surface area (Å²) in [7, 11) is 0. The van der Waals surface area contributed by atoms with Gasteiger partial charge in [-0.25, -0.2) is 4.98 Å². The van der Waals surface area contributed by atoms with E-state index in [9.17, 15) is 14.4 Å². The average molecular weight is 420 g/mol. The zero-order valence-corrected chi connectivity index (χ0v) is 18.3. The quantitative estimate of drug-likeness (QED) is 0.362. The number of carbonyl (C=O) groups excluding carboxylic acids is 2. The van der Waals surface area contributed by atoms with E-state index in [2.05, 4.69) is 24.1 Å². The van der Waals surface area contributed by atoms with E-state index in [1.807, 2.05) is 26.0 Å². The van der Waals surface area contributed by atoms with E-state index in [-0.39, 0.29) is 23.8 Å². The van der Waals surface area contributed by atoms with Crippen LogP contribution in [0.3, 0.4) is 0 Å². The van der Waals surface area contributed by atoms with Gasteiger partial charge in [-0.15, -0.1) is 0 Å². The van der Waals surface area contributed by atoms with Gasteiger partial charge in [-0.1, -0.05) is 51.6 Å². The molecule has 0 atom stereocenters. The Labute approximate surface area is 175 Å². The van der Waals surface area contributed by atoms with Crippen LogP contribution < -0.4 is 10.9 Å².